The van der Waals surface area contributed by atoms with E-state index in [4.69, 9.17) is 5.73 Å². The average Bonchev–Trinajstić information content (AvgIpc) is 2.78. The molecule has 0 aliphatic carbocycles. The number of nitrogens with one attached hydrogen (secondary N) is 1. The summed E-state index contributed by atoms with van der Waals surface area (Å²) < 4.78 is 1.50. The quantitative estimate of drug-likeness (QED) is 0.822. The van der Waals surface area contributed by atoms with Crippen LogP contribution in [0.15, 0.2) is 6.20 Å². The standard InChI is InChI=1S/C13H21N5O2/c1-3-11(19)16-9-4-6-18(7-5-9)13(20)12-10(14)8-15-17(12)2/h8-9H,3-7,14H2,1-2H3,(H,16,19). The van der Waals surface area contributed by atoms with Crippen LogP contribution in [0.1, 0.15) is 36.7 Å². The van der Waals surface area contributed by atoms with E-state index in [9.17, 15) is 9.59 Å². The lowest BCUT2D eigenvalue weighted by atomic mass is 10.0. The largest absolute Gasteiger partial charge is 0.396 e. The van der Waals surface area contributed by atoms with Crippen molar-refractivity contribution in [3.63, 3.8) is 0 Å². The van der Waals surface area contributed by atoms with Crippen molar-refractivity contribution in [2.45, 2.75) is 32.2 Å². The average molecular weight is 279 g/mol. The Balaban J connectivity index is 1.94. The fourth-order valence-electron chi connectivity index (χ4n) is 2.42. The zero-order chi connectivity index (χ0) is 14.7. The molecule has 0 atom stereocenters. The van der Waals surface area contributed by atoms with Crippen LogP contribution in [0.3, 0.4) is 0 Å². The Hall–Kier alpha value is -2.05. The highest BCUT2D eigenvalue weighted by Gasteiger charge is 2.27. The summed E-state index contributed by atoms with van der Waals surface area (Å²) in [6.07, 6.45) is 3.52. The molecule has 20 heavy (non-hydrogen) atoms. The van der Waals surface area contributed by atoms with E-state index in [0.29, 0.717) is 30.9 Å². The highest BCUT2D eigenvalue weighted by molar-refractivity contribution is 5.97. The van der Waals surface area contributed by atoms with E-state index < -0.39 is 0 Å². The van der Waals surface area contributed by atoms with Crippen LogP contribution in [0.5, 0.6) is 0 Å². The van der Waals surface area contributed by atoms with E-state index in [-0.39, 0.29) is 17.9 Å². The van der Waals surface area contributed by atoms with Crippen LogP contribution in [-0.4, -0.2) is 45.6 Å². The fraction of sp³-hybridized carbons (Fsp3) is 0.615. The molecule has 0 unspecified atom stereocenters. The van der Waals surface area contributed by atoms with Crippen LogP contribution < -0.4 is 11.1 Å². The molecule has 2 amide bonds. The Bertz CT molecular complexity index is 483. The molecule has 1 fully saturated rings. The number of anilines is 1. The maximum Gasteiger partial charge on any atom is 0.274 e. The van der Waals surface area contributed by atoms with Gasteiger partial charge in [-0.1, -0.05) is 6.92 Å². The molecule has 1 saturated heterocycles. The molecule has 2 rings (SSSR count). The second-order valence-electron chi connectivity index (χ2n) is 5.06. The third-order valence-corrected chi connectivity index (χ3v) is 3.64. The summed E-state index contributed by atoms with van der Waals surface area (Å²) in [5.41, 5.74) is 6.61. The maximum absolute atomic E-state index is 12.4. The number of rotatable bonds is 3. The monoisotopic (exact) mass is 279 g/mol. The van der Waals surface area contributed by atoms with Crippen molar-refractivity contribution < 1.29 is 9.59 Å². The van der Waals surface area contributed by atoms with E-state index in [1.54, 1.807) is 11.9 Å². The van der Waals surface area contributed by atoms with Gasteiger partial charge in [-0.25, -0.2) is 0 Å². The Morgan fingerprint density at radius 1 is 1.45 bits per heavy atom. The van der Waals surface area contributed by atoms with Crippen molar-refractivity contribution in [2.75, 3.05) is 18.8 Å². The normalized spacial score (nSPS) is 16.2. The van der Waals surface area contributed by atoms with Gasteiger partial charge in [-0.2, -0.15) is 5.10 Å². The molecule has 1 aromatic heterocycles. The smallest absolute Gasteiger partial charge is 0.274 e. The third-order valence-electron chi connectivity index (χ3n) is 3.64. The molecule has 7 heteroatoms. The molecule has 2 heterocycles. The summed E-state index contributed by atoms with van der Waals surface area (Å²) in [7, 11) is 1.71. The number of hydrogen-bond donors (Lipinski definition) is 2. The molecule has 0 spiro atoms. The first-order valence-corrected chi connectivity index (χ1v) is 6.89. The molecule has 7 nitrogen and oxygen atoms in total. The number of aromatic nitrogens is 2. The molecule has 1 aromatic rings. The fourth-order valence-corrected chi connectivity index (χ4v) is 2.42. The number of hydrogen-bond acceptors (Lipinski definition) is 4. The molecule has 3 N–H and O–H groups in total. The van der Waals surface area contributed by atoms with Crippen molar-refractivity contribution in [2.24, 2.45) is 7.05 Å². The molecule has 0 bridgehead atoms. The number of carbonyl (C=O) groups excluding carboxylic acids is 2. The van der Waals surface area contributed by atoms with Gasteiger partial charge < -0.3 is 16.0 Å². The minimum atomic E-state index is -0.0947. The number of aryl methyl sites for hydroxylation is 1. The van der Waals surface area contributed by atoms with E-state index in [0.717, 1.165) is 12.8 Å². The third kappa shape index (κ3) is 2.92. The first-order valence-electron chi connectivity index (χ1n) is 6.89. The lowest BCUT2D eigenvalue weighted by Crippen LogP contribution is -2.46. The molecule has 110 valence electrons. The minimum Gasteiger partial charge on any atom is -0.396 e. The molecule has 1 aliphatic rings. The van der Waals surface area contributed by atoms with E-state index in [1.807, 2.05) is 6.92 Å². The zero-order valence-electron chi connectivity index (χ0n) is 11.9. The molecular weight excluding hydrogens is 258 g/mol. The summed E-state index contributed by atoms with van der Waals surface area (Å²) >= 11 is 0. The Labute approximate surface area is 118 Å². The number of nitrogen functional groups attached to an aromatic ring is 1. The summed E-state index contributed by atoms with van der Waals surface area (Å²) in [6, 6.07) is 0.162. The second-order valence-corrected chi connectivity index (χ2v) is 5.06. The van der Waals surface area contributed by atoms with Crippen molar-refractivity contribution in [1.82, 2.24) is 20.0 Å². The minimum absolute atomic E-state index is 0.0608. The number of carbonyl (C=O) groups is 2. The second kappa shape index (κ2) is 5.94. The van der Waals surface area contributed by atoms with Crippen LogP contribution in [0.4, 0.5) is 5.69 Å². The summed E-state index contributed by atoms with van der Waals surface area (Å²) in [4.78, 5) is 25.5. The number of piperidine rings is 1. The number of nitrogens with two attached hydrogens (primary N) is 1. The van der Waals surface area contributed by atoms with Gasteiger partial charge in [0.25, 0.3) is 5.91 Å². The number of amides is 2. The van der Waals surface area contributed by atoms with Crippen LogP contribution in [-0.2, 0) is 11.8 Å². The van der Waals surface area contributed by atoms with Gasteiger partial charge >= 0.3 is 0 Å². The Morgan fingerprint density at radius 3 is 2.60 bits per heavy atom. The van der Waals surface area contributed by atoms with E-state index >= 15 is 0 Å². The summed E-state index contributed by atoms with van der Waals surface area (Å²) in [5.74, 6) is -0.0339. The van der Waals surface area contributed by atoms with Crippen molar-refractivity contribution in [3.05, 3.63) is 11.9 Å². The molecule has 0 aromatic carbocycles. The van der Waals surface area contributed by atoms with Crippen LogP contribution >= 0.6 is 0 Å². The van der Waals surface area contributed by atoms with Gasteiger partial charge in [0.2, 0.25) is 5.91 Å². The predicted molar refractivity (Wildman–Crippen MR) is 75.0 cm³/mol. The van der Waals surface area contributed by atoms with Crippen LogP contribution in [0.2, 0.25) is 0 Å². The van der Waals surface area contributed by atoms with Crippen LogP contribution in [0.25, 0.3) is 0 Å². The Morgan fingerprint density at radius 2 is 2.10 bits per heavy atom. The first-order chi connectivity index (χ1) is 9.52. The van der Waals surface area contributed by atoms with Crippen molar-refractivity contribution in [1.29, 1.82) is 0 Å². The van der Waals surface area contributed by atoms with Crippen molar-refractivity contribution in [3.8, 4) is 0 Å². The van der Waals surface area contributed by atoms with Gasteiger partial charge in [-0.15, -0.1) is 0 Å². The summed E-state index contributed by atoms with van der Waals surface area (Å²) in [6.45, 7) is 3.08. The molecule has 1 aliphatic heterocycles. The van der Waals surface area contributed by atoms with Gasteiger partial charge in [0.05, 0.1) is 11.9 Å². The van der Waals surface area contributed by atoms with Crippen LogP contribution in [0, 0.1) is 0 Å². The number of likely N-dealkylation sites (tertiary alicyclic amines) is 1. The van der Waals surface area contributed by atoms with Gasteiger partial charge in [0.1, 0.15) is 5.69 Å². The van der Waals surface area contributed by atoms with E-state index in [1.165, 1.54) is 10.9 Å². The Kier molecular flexibility index (Phi) is 4.26. The van der Waals surface area contributed by atoms with Gasteiger partial charge in [-0.3, -0.25) is 14.3 Å². The number of nitrogens with zero attached hydrogens (tertiary/aromatic N) is 3. The lowest BCUT2D eigenvalue weighted by molar-refractivity contribution is -0.121. The van der Waals surface area contributed by atoms with Gasteiger partial charge in [0.15, 0.2) is 0 Å². The first kappa shape index (κ1) is 14.4. The van der Waals surface area contributed by atoms with Crippen molar-refractivity contribution >= 4 is 17.5 Å². The molecular formula is C13H21N5O2. The van der Waals surface area contributed by atoms with E-state index in [2.05, 4.69) is 10.4 Å². The summed E-state index contributed by atoms with van der Waals surface area (Å²) in [5, 5.41) is 6.95. The predicted octanol–water partition coefficient (Wildman–Crippen LogP) is 0.133. The van der Waals surface area contributed by atoms with Gasteiger partial charge in [-0.05, 0) is 12.8 Å². The highest BCUT2D eigenvalue weighted by atomic mass is 16.2. The highest BCUT2D eigenvalue weighted by Crippen LogP contribution is 2.17. The zero-order valence-corrected chi connectivity index (χ0v) is 11.9. The molecule has 0 saturated carbocycles. The SMILES string of the molecule is CCC(=O)NC1CCN(C(=O)c2c(N)cnn2C)CC1. The van der Waals surface area contributed by atoms with Gasteiger partial charge in [0, 0.05) is 32.6 Å². The topological polar surface area (TPSA) is 93.2 Å². The molecule has 0 radical (unpaired) electrons. The lowest BCUT2D eigenvalue weighted by Gasteiger charge is -2.32. The maximum atomic E-state index is 12.4.